The summed E-state index contributed by atoms with van der Waals surface area (Å²) in [6.07, 6.45) is 1.71. The van der Waals surface area contributed by atoms with Crippen LogP contribution >= 0.6 is 0 Å². The number of carbonyl (C=O) groups is 1. The first-order valence-corrected chi connectivity index (χ1v) is 12.0. The van der Waals surface area contributed by atoms with E-state index < -0.39 is 6.04 Å². The number of aryl methyl sites for hydroxylation is 2. The second-order valence-corrected chi connectivity index (χ2v) is 9.22. The van der Waals surface area contributed by atoms with E-state index in [1.54, 1.807) is 4.90 Å². The predicted molar refractivity (Wildman–Crippen MR) is 133 cm³/mol. The highest BCUT2D eigenvalue weighted by molar-refractivity contribution is 5.99. The van der Waals surface area contributed by atoms with Gasteiger partial charge in [0, 0.05) is 13.2 Å². The summed E-state index contributed by atoms with van der Waals surface area (Å²) in [5, 5.41) is 0.516. The lowest BCUT2D eigenvalue weighted by Gasteiger charge is -2.25. The molecule has 0 aliphatic carbocycles. The fourth-order valence-corrected chi connectivity index (χ4v) is 4.57. The fraction of sp³-hybridized carbons (Fsp3) is 0.429. The smallest absolute Gasteiger partial charge is 0.290 e. The summed E-state index contributed by atoms with van der Waals surface area (Å²) in [6.45, 7) is 11.5. The first kappa shape index (κ1) is 24.0. The minimum atomic E-state index is -0.511. The summed E-state index contributed by atoms with van der Waals surface area (Å²) in [5.41, 5.74) is 3.44. The van der Waals surface area contributed by atoms with Crippen LogP contribution in [-0.2, 0) is 4.74 Å². The number of amides is 1. The molecule has 3 aromatic rings. The molecule has 2 heterocycles. The number of carbonyl (C=O) groups excluding carboxylic acids is 1. The molecule has 0 N–H and O–H groups in total. The lowest BCUT2D eigenvalue weighted by Crippen LogP contribution is -2.31. The van der Waals surface area contributed by atoms with Crippen molar-refractivity contribution in [3.05, 3.63) is 74.6 Å². The van der Waals surface area contributed by atoms with Crippen LogP contribution in [0.25, 0.3) is 11.0 Å². The Kier molecular flexibility index (Phi) is 7.08. The van der Waals surface area contributed by atoms with Crippen molar-refractivity contribution < 1.29 is 18.7 Å². The van der Waals surface area contributed by atoms with Gasteiger partial charge in [0.25, 0.3) is 5.91 Å². The first-order valence-electron chi connectivity index (χ1n) is 12.0. The molecule has 6 nitrogen and oxygen atoms in total. The molecule has 34 heavy (non-hydrogen) atoms. The second kappa shape index (κ2) is 10.0. The van der Waals surface area contributed by atoms with E-state index in [-0.39, 0.29) is 23.2 Å². The molecule has 0 saturated carbocycles. The van der Waals surface area contributed by atoms with Crippen LogP contribution in [0.15, 0.2) is 45.6 Å². The van der Waals surface area contributed by atoms with Gasteiger partial charge in [0.1, 0.15) is 11.3 Å². The molecule has 0 fully saturated rings. The van der Waals surface area contributed by atoms with Gasteiger partial charge in [0.05, 0.1) is 29.7 Å². The molecule has 0 saturated heterocycles. The monoisotopic (exact) mass is 463 g/mol. The highest BCUT2D eigenvalue weighted by atomic mass is 16.5. The van der Waals surface area contributed by atoms with E-state index >= 15 is 0 Å². The van der Waals surface area contributed by atoms with Gasteiger partial charge in [-0.15, -0.1) is 0 Å². The van der Waals surface area contributed by atoms with E-state index in [9.17, 15) is 9.59 Å². The van der Waals surface area contributed by atoms with E-state index in [2.05, 4.69) is 6.92 Å². The van der Waals surface area contributed by atoms with Gasteiger partial charge < -0.3 is 18.8 Å². The number of hydrogen-bond donors (Lipinski definition) is 0. The summed E-state index contributed by atoms with van der Waals surface area (Å²) in [7, 11) is 0. The van der Waals surface area contributed by atoms with Gasteiger partial charge in [0.2, 0.25) is 5.76 Å². The molecule has 2 aromatic carbocycles. The van der Waals surface area contributed by atoms with Gasteiger partial charge in [-0.3, -0.25) is 9.59 Å². The number of rotatable bonds is 9. The summed E-state index contributed by atoms with van der Waals surface area (Å²) < 4.78 is 17.5. The van der Waals surface area contributed by atoms with Crippen molar-refractivity contribution in [1.29, 1.82) is 0 Å². The zero-order valence-corrected chi connectivity index (χ0v) is 20.6. The van der Waals surface area contributed by atoms with Gasteiger partial charge in [-0.25, -0.2) is 0 Å². The topological polar surface area (TPSA) is 69.0 Å². The Morgan fingerprint density at radius 1 is 1.06 bits per heavy atom. The van der Waals surface area contributed by atoms with Crippen LogP contribution < -0.4 is 10.2 Å². The molecule has 1 aliphatic heterocycles. The largest absolute Gasteiger partial charge is 0.494 e. The van der Waals surface area contributed by atoms with Crippen LogP contribution in [0, 0.1) is 13.8 Å². The Bertz CT molecular complexity index is 1240. The van der Waals surface area contributed by atoms with Crippen molar-refractivity contribution in [3.8, 4) is 5.75 Å². The van der Waals surface area contributed by atoms with Crippen LogP contribution in [-0.4, -0.2) is 36.7 Å². The van der Waals surface area contributed by atoms with Crippen LogP contribution in [0.1, 0.15) is 72.5 Å². The average molecular weight is 464 g/mol. The molecule has 1 aromatic heterocycles. The number of ether oxygens (including phenoxy) is 2. The minimum Gasteiger partial charge on any atom is -0.494 e. The van der Waals surface area contributed by atoms with Crippen LogP contribution in [0.3, 0.4) is 0 Å². The normalized spacial score (nSPS) is 15.4. The van der Waals surface area contributed by atoms with E-state index in [4.69, 9.17) is 13.9 Å². The van der Waals surface area contributed by atoms with Gasteiger partial charge in [0.15, 0.2) is 5.43 Å². The average Bonchev–Trinajstić information content (AvgIpc) is 3.08. The van der Waals surface area contributed by atoms with E-state index in [1.807, 2.05) is 64.1 Å². The molecule has 1 aliphatic rings. The minimum absolute atomic E-state index is 0.123. The molecule has 1 amide bonds. The van der Waals surface area contributed by atoms with Crippen molar-refractivity contribution in [3.63, 3.8) is 0 Å². The third kappa shape index (κ3) is 4.60. The molecule has 6 heteroatoms. The summed E-state index contributed by atoms with van der Waals surface area (Å²) >= 11 is 0. The molecule has 180 valence electrons. The maximum Gasteiger partial charge on any atom is 0.290 e. The molecule has 0 bridgehead atoms. The molecular formula is C28H33NO5. The number of fused-ring (bicyclic) bond motifs is 2. The molecule has 1 atom stereocenters. The number of hydrogen-bond acceptors (Lipinski definition) is 5. The lowest BCUT2D eigenvalue weighted by molar-refractivity contribution is 0.0593. The summed E-state index contributed by atoms with van der Waals surface area (Å²) in [4.78, 5) is 29.0. The highest BCUT2D eigenvalue weighted by Crippen LogP contribution is 2.39. The maximum atomic E-state index is 13.7. The van der Waals surface area contributed by atoms with E-state index in [1.165, 1.54) is 0 Å². The number of benzene rings is 2. The van der Waals surface area contributed by atoms with Crippen molar-refractivity contribution in [1.82, 2.24) is 4.90 Å². The van der Waals surface area contributed by atoms with Gasteiger partial charge in [-0.05, 0) is 75.4 Å². The summed E-state index contributed by atoms with van der Waals surface area (Å²) in [5.74, 6) is 0.657. The second-order valence-electron chi connectivity index (χ2n) is 9.22. The zero-order chi connectivity index (χ0) is 24.4. The van der Waals surface area contributed by atoms with E-state index in [0.717, 1.165) is 28.9 Å². The van der Waals surface area contributed by atoms with Gasteiger partial charge in [-0.1, -0.05) is 25.1 Å². The van der Waals surface area contributed by atoms with Crippen LogP contribution in [0.5, 0.6) is 5.75 Å². The van der Waals surface area contributed by atoms with Crippen molar-refractivity contribution in [2.75, 3.05) is 19.8 Å². The van der Waals surface area contributed by atoms with Crippen LogP contribution in [0.2, 0.25) is 0 Å². The third-order valence-corrected chi connectivity index (χ3v) is 6.06. The van der Waals surface area contributed by atoms with Gasteiger partial charge >= 0.3 is 0 Å². The zero-order valence-electron chi connectivity index (χ0n) is 20.6. The van der Waals surface area contributed by atoms with Crippen molar-refractivity contribution in [2.45, 2.75) is 59.6 Å². The SMILES string of the molecule is CCCOc1ccc(C2c3c(oc4c(C)cc(C)cc4c3=O)C(=O)N2CCCOC(C)C)cc1. The Hall–Kier alpha value is -3.12. The fourth-order valence-electron chi connectivity index (χ4n) is 4.57. The Labute approximate surface area is 200 Å². The van der Waals surface area contributed by atoms with Crippen LogP contribution in [0.4, 0.5) is 0 Å². The molecule has 0 radical (unpaired) electrons. The number of nitrogens with zero attached hydrogens (tertiary/aromatic N) is 1. The quantitative estimate of drug-likeness (QED) is 0.389. The molecular weight excluding hydrogens is 430 g/mol. The predicted octanol–water partition coefficient (Wildman–Crippen LogP) is 5.56. The van der Waals surface area contributed by atoms with Crippen molar-refractivity contribution in [2.24, 2.45) is 0 Å². The lowest BCUT2D eigenvalue weighted by atomic mass is 9.97. The standard InChI is InChI=1S/C28H33NO5/c1-6-13-33-21-10-8-20(9-11-21)24-23-25(30)22-16-18(4)15-19(5)26(22)34-27(23)28(31)29(24)12-7-14-32-17(2)3/h8-11,15-17,24H,6-7,12-14H2,1-5H3. The van der Waals surface area contributed by atoms with Gasteiger partial charge in [-0.2, -0.15) is 0 Å². The molecule has 4 rings (SSSR count). The summed E-state index contributed by atoms with van der Waals surface area (Å²) in [6, 6.07) is 10.9. The Morgan fingerprint density at radius 2 is 1.79 bits per heavy atom. The van der Waals surface area contributed by atoms with E-state index in [0.29, 0.717) is 42.7 Å². The Balaban J connectivity index is 1.79. The highest BCUT2D eigenvalue weighted by Gasteiger charge is 2.42. The molecule has 1 unspecified atom stereocenters. The molecule has 0 spiro atoms. The Morgan fingerprint density at radius 3 is 2.47 bits per heavy atom. The maximum absolute atomic E-state index is 13.7. The third-order valence-electron chi connectivity index (χ3n) is 6.06. The first-order chi connectivity index (χ1) is 16.3. The van der Waals surface area contributed by atoms with Crippen molar-refractivity contribution >= 4 is 16.9 Å².